The van der Waals surface area contributed by atoms with E-state index in [4.69, 9.17) is 4.74 Å². The van der Waals surface area contributed by atoms with Crippen molar-refractivity contribution in [1.82, 2.24) is 0 Å². The predicted octanol–water partition coefficient (Wildman–Crippen LogP) is 5.93. The topological polar surface area (TPSA) is 84.5 Å². The van der Waals surface area contributed by atoms with Crippen LogP contribution in [0.15, 0.2) is 71.6 Å². The number of nitrogens with one attached hydrogen (secondary N) is 2. The number of sulfonamides is 1. The van der Waals surface area contributed by atoms with Crippen molar-refractivity contribution in [2.45, 2.75) is 44.9 Å². The summed E-state index contributed by atoms with van der Waals surface area (Å²) in [4.78, 5) is 12.7. The minimum absolute atomic E-state index is 0.118. The molecular formula is C26H30N2O4S. The van der Waals surface area contributed by atoms with Gasteiger partial charge in [-0.25, -0.2) is 8.42 Å². The zero-order valence-corrected chi connectivity index (χ0v) is 20.0. The summed E-state index contributed by atoms with van der Waals surface area (Å²) in [5.41, 5.74) is 3.27. The van der Waals surface area contributed by atoms with Crippen molar-refractivity contribution < 1.29 is 17.9 Å². The fraction of sp³-hybridized carbons (Fsp3) is 0.269. The molecule has 0 atom stereocenters. The molecule has 0 bridgehead atoms. The lowest BCUT2D eigenvalue weighted by Crippen LogP contribution is -2.15. The second-order valence-corrected chi connectivity index (χ2v) is 9.61. The van der Waals surface area contributed by atoms with Crippen molar-refractivity contribution in [2.75, 3.05) is 16.6 Å². The van der Waals surface area contributed by atoms with Crippen molar-refractivity contribution >= 4 is 27.3 Å². The average Bonchev–Trinajstić information content (AvgIpc) is 2.80. The van der Waals surface area contributed by atoms with Crippen LogP contribution in [0.2, 0.25) is 0 Å². The number of anilines is 2. The summed E-state index contributed by atoms with van der Waals surface area (Å²) in [5, 5.41) is 2.79. The summed E-state index contributed by atoms with van der Waals surface area (Å²) in [6.45, 7) is 6.51. The highest BCUT2D eigenvalue weighted by Gasteiger charge is 2.17. The highest BCUT2D eigenvalue weighted by atomic mass is 32.2. The van der Waals surface area contributed by atoms with Crippen LogP contribution in [0.3, 0.4) is 0 Å². The second kappa shape index (κ2) is 11.0. The van der Waals surface area contributed by atoms with E-state index in [1.807, 2.05) is 32.0 Å². The Kier molecular flexibility index (Phi) is 8.11. The summed E-state index contributed by atoms with van der Waals surface area (Å²) in [5.74, 6) is 0.449. The molecule has 33 heavy (non-hydrogen) atoms. The quantitative estimate of drug-likeness (QED) is 0.363. The van der Waals surface area contributed by atoms with Crippen LogP contribution in [0, 0.1) is 13.8 Å². The fourth-order valence-electron chi connectivity index (χ4n) is 3.33. The molecule has 0 spiro atoms. The third-order valence-electron chi connectivity index (χ3n) is 5.27. The van der Waals surface area contributed by atoms with Gasteiger partial charge in [0, 0.05) is 11.3 Å². The molecule has 3 aromatic carbocycles. The van der Waals surface area contributed by atoms with Gasteiger partial charge in [0.2, 0.25) is 0 Å². The lowest BCUT2D eigenvalue weighted by atomic mass is 10.1. The molecule has 1 amide bonds. The summed E-state index contributed by atoms with van der Waals surface area (Å²) in [7, 11) is -3.75. The molecule has 0 saturated carbocycles. The Bertz CT molecular complexity index is 1170. The molecule has 6 nitrogen and oxygen atoms in total. The second-order valence-electron chi connectivity index (χ2n) is 7.93. The van der Waals surface area contributed by atoms with Crippen LogP contribution in [0.5, 0.6) is 5.75 Å². The Labute approximate surface area is 196 Å². The van der Waals surface area contributed by atoms with E-state index in [-0.39, 0.29) is 10.8 Å². The van der Waals surface area contributed by atoms with Crippen LogP contribution < -0.4 is 14.8 Å². The number of benzene rings is 3. The Morgan fingerprint density at radius 2 is 1.52 bits per heavy atom. The standard InChI is InChI=1S/C26H30N2O4S/c1-4-5-6-18-32-23-14-10-21(11-15-23)26(29)27-22-12-16-24(17-13-22)33(30,31)28-25-19(2)8-7-9-20(25)3/h7-17,28H,4-6,18H2,1-3H3,(H,27,29). The molecule has 0 heterocycles. The minimum atomic E-state index is -3.75. The largest absolute Gasteiger partial charge is 0.494 e. The number of amides is 1. The van der Waals surface area contributed by atoms with Crippen LogP contribution in [0.4, 0.5) is 11.4 Å². The molecule has 0 unspecified atom stereocenters. The third-order valence-corrected chi connectivity index (χ3v) is 6.64. The first-order valence-corrected chi connectivity index (χ1v) is 12.5. The maximum Gasteiger partial charge on any atom is 0.261 e. The maximum atomic E-state index is 12.8. The van der Waals surface area contributed by atoms with Crippen molar-refractivity contribution in [3.63, 3.8) is 0 Å². The smallest absolute Gasteiger partial charge is 0.261 e. The third kappa shape index (κ3) is 6.58. The van der Waals surface area contributed by atoms with E-state index in [0.29, 0.717) is 23.5 Å². The van der Waals surface area contributed by atoms with Gasteiger partial charge in [-0.3, -0.25) is 9.52 Å². The Morgan fingerprint density at radius 3 is 2.12 bits per heavy atom. The van der Waals surface area contributed by atoms with Crippen LogP contribution in [0.25, 0.3) is 0 Å². The van der Waals surface area contributed by atoms with Gasteiger partial charge in [-0.15, -0.1) is 0 Å². The van der Waals surface area contributed by atoms with Crippen LogP contribution in [-0.4, -0.2) is 20.9 Å². The van der Waals surface area contributed by atoms with Crippen molar-refractivity contribution in [2.24, 2.45) is 0 Å². The number of rotatable bonds is 10. The van der Waals surface area contributed by atoms with E-state index in [1.165, 1.54) is 12.1 Å². The molecule has 0 aromatic heterocycles. The normalized spacial score (nSPS) is 11.1. The highest BCUT2D eigenvalue weighted by molar-refractivity contribution is 7.92. The molecule has 3 rings (SSSR count). The van der Waals surface area contributed by atoms with Crippen molar-refractivity contribution in [3.05, 3.63) is 83.4 Å². The van der Waals surface area contributed by atoms with Gasteiger partial charge in [0.05, 0.1) is 17.2 Å². The molecule has 0 radical (unpaired) electrons. The van der Waals surface area contributed by atoms with E-state index in [2.05, 4.69) is 17.0 Å². The number of ether oxygens (including phenoxy) is 1. The first-order valence-electron chi connectivity index (χ1n) is 11.0. The van der Waals surface area contributed by atoms with Gasteiger partial charge in [0.15, 0.2) is 0 Å². The van der Waals surface area contributed by atoms with Crippen LogP contribution in [-0.2, 0) is 10.0 Å². The molecule has 2 N–H and O–H groups in total. The highest BCUT2D eigenvalue weighted by Crippen LogP contribution is 2.24. The van der Waals surface area contributed by atoms with Gasteiger partial charge in [0.1, 0.15) is 5.75 Å². The summed E-state index contributed by atoms with van der Waals surface area (Å²) >= 11 is 0. The minimum Gasteiger partial charge on any atom is -0.494 e. The number of hydrogen-bond donors (Lipinski definition) is 2. The summed E-state index contributed by atoms with van der Waals surface area (Å²) in [6, 6.07) is 18.6. The molecule has 3 aromatic rings. The maximum absolute atomic E-state index is 12.8. The van der Waals surface area contributed by atoms with Crippen molar-refractivity contribution in [3.8, 4) is 5.75 Å². The SMILES string of the molecule is CCCCCOc1ccc(C(=O)Nc2ccc(S(=O)(=O)Nc3c(C)cccc3C)cc2)cc1. The molecule has 0 saturated heterocycles. The summed E-state index contributed by atoms with van der Waals surface area (Å²) < 4.78 is 33.9. The van der Waals surface area contributed by atoms with E-state index in [9.17, 15) is 13.2 Å². The van der Waals surface area contributed by atoms with E-state index >= 15 is 0 Å². The Morgan fingerprint density at radius 1 is 0.879 bits per heavy atom. The van der Waals surface area contributed by atoms with Gasteiger partial charge in [-0.05, 0) is 79.9 Å². The lowest BCUT2D eigenvalue weighted by molar-refractivity contribution is 0.102. The average molecular weight is 467 g/mol. The van der Waals surface area contributed by atoms with Crippen molar-refractivity contribution in [1.29, 1.82) is 0 Å². The molecule has 0 aliphatic carbocycles. The first-order chi connectivity index (χ1) is 15.8. The molecule has 0 fully saturated rings. The monoisotopic (exact) mass is 466 g/mol. The first kappa shape index (κ1) is 24.3. The van der Waals surface area contributed by atoms with Crippen LogP contribution in [0.1, 0.15) is 47.7 Å². The molecule has 0 aliphatic heterocycles. The fourth-order valence-corrected chi connectivity index (χ4v) is 4.54. The number of para-hydroxylation sites is 1. The Hall–Kier alpha value is -3.32. The number of carbonyl (C=O) groups is 1. The van der Waals surface area contributed by atoms with Gasteiger partial charge in [-0.2, -0.15) is 0 Å². The lowest BCUT2D eigenvalue weighted by Gasteiger charge is -2.13. The molecule has 174 valence electrons. The zero-order valence-electron chi connectivity index (χ0n) is 19.2. The Balaban J connectivity index is 1.62. The molecular weight excluding hydrogens is 436 g/mol. The zero-order chi connectivity index (χ0) is 23.8. The number of unbranched alkanes of at least 4 members (excludes halogenated alkanes) is 2. The van der Waals surface area contributed by atoms with E-state index < -0.39 is 10.0 Å². The predicted molar refractivity (Wildman–Crippen MR) is 133 cm³/mol. The number of carbonyl (C=O) groups excluding carboxylic acids is 1. The van der Waals surface area contributed by atoms with Crippen LogP contribution >= 0.6 is 0 Å². The van der Waals surface area contributed by atoms with Gasteiger partial charge in [0.25, 0.3) is 15.9 Å². The van der Waals surface area contributed by atoms with E-state index in [1.54, 1.807) is 36.4 Å². The van der Waals surface area contributed by atoms with E-state index in [0.717, 1.165) is 36.1 Å². The van der Waals surface area contributed by atoms with Gasteiger partial charge >= 0.3 is 0 Å². The number of aryl methyl sites for hydroxylation is 2. The van der Waals surface area contributed by atoms with Gasteiger partial charge in [-0.1, -0.05) is 38.0 Å². The van der Waals surface area contributed by atoms with Gasteiger partial charge < -0.3 is 10.1 Å². The number of hydrogen-bond acceptors (Lipinski definition) is 4. The molecule has 0 aliphatic rings. The summed E-state index contributed by atoms with van der Waals surface area (Å²) in [6.07, 6.45) is 3.27. The molecule has 7 heteroatoms.